The van der Waals surface area contributed by atoms with Crippen LogP contribution in [0.4, 0.5) is 0 Å². The van der Waals surface area contributed by atoms with E-state index in [0.29, 0.717) is 13.0 Å². The van der Waals surface area contributed by atoms with Gasteiger partial charge in [0.1, 0.15) is 0 Å². The van der Waals surface area contributed by atoms with E-state index in [0.717, 1.165) is 25.4 Å². The van der Waals surface area contributed by atoms with Crippen LogP contribution < -0.4 is 5.73 Å². The molecule has 0 aliphatic carbocycles. The lowest BCUT2D eigenvalue weighted by Crippen LogP contribution is -2.37. The molecule has 112 valence electrons. The molecule has 1 rings (SSSR count). The highest BCUT2D eigenvalue weighted by atomic mass is 16.2. The molecular weight excluding hydrogens is 238 g/mol. The summed E-state index contributed by atoms with van der Waals surface area (Å²) in [6, 6.07) is 0. The first-order chi connectivity index (χ1) is 9.17. The fraction of sp³-hybridized carbons (Fsp3) is 0.933. The van der Waals surface area contributed by atoms with Gasteiger partial charge in [-0.1, -0.05) is 19.8 Å². The number of carbonyl (C=O) groups excluding carboxylic acids is 1. The predicted molar refractivity (Wildman–Crippen MR) is 80.0 cm³/mol. The average molecular weight is 269 g/mol. The number of nitrogens with zero attached hydrogens (tertiary/aromatic N) is 2. The first kappa shape index (κ1) is 16.4. The van der Waals surface area contributed by atoms with Crippen LogP contribution in [0, 0.1) is 5.92 Å². The minimum absolute atomic E-state index is 0.254. The van der Waals surface area contributed by atoms with Crippen molar-refractivity contribution < 1.29 is 4.79 Å². The van der Waals surface area contributed by atoms with Gasteiger partial charge in [0.05, 0.1) is 0 Å². The molecule has 0 aromatic carbocycles. The van der Waals surface area contributed by atoms with Crippen LogP contribution in [0.3, 0.4) is 0 Å². The average Bonchev–Trinajstić information content (AvgIpc) is 2.44. The van der Waals surface area contributed by atoms with Crippen molar-refractivity contribution in [3.63, 3.8) is 0 Å². The Morgan fingerprint density at radius 1 is 1.37 bits per heavy atom. The van der Waals surface area contributed by atoms with Crippen LogP contribution in [-0.4, -0.2) is 55.5 Å². The molecule has 1 aliphatic heterocycles. The molecule has 2 N–H and O–H groups in total. The maximum absolute atomic E-state index is 11.9. The lowest BCUT2D eigenvalue weighted by atomic mass is 9.92. The molecule has 0 saturated carbocycles. The third-order valence-corrected chi connectivity index (χ3v) is 4.17. The predicted octanol–water partition coefficient (Wildman–Crippen LogP) is 1.70. The van der Waals surface area contributed by atoms with Crippen LogP contribution in [0.2, 0.25) is 0 Å². The van der Waals surface area contributed by atoms with Gasteiger partial charge in [0.15, 0.2) is 0 Å². The minimum Gasteiger partial charge on any atom is -0.346 e. The number of nitrogens with two attached hydrogens (primary N) is 1. The second-order valence-electron chi connectivity index (χ2n) is 5.78. The molecule has 19 heavy (non-hydrogen) atoms. The summed E-state index contributed by atoms with van der Waals surface area (Å²) in [7, 11) is 1.88. The largest absolute Gasteiger partial charge is 0.346 e. The van der Waals surface area contributed by atoms with E-state index in [-0.39, 0.29) is 5.91 Å². The summed E-state index contributed by atoms with van der Waals surface area (Å²) in [6.45, 7) is 6.97. The van der Waals surface area contributed by atoms with Crippen LogP contribution in [0.1, 0.15) is 45.4 Å². The molecule has 1 amide bonds. The van der Waals surface area contributed by atoms with E-state index < -0.39 is 0 Å². The number of rotatable bonds is 8. The van der Waals surface area contributed by atoms with Gasteiger partial charge in [-0.05, 0) is 44.8 Å². The normalized spacial score (nSPS) is 17.6. The van der Waals surface area contributed by atoms with Crippen molar-refractivity contribution in [2.24, 2.45) is 11.7 Å². The molecule has 4 nitrogen and oxygen atoms in total. The molecular formula is C15H31N3O. The SMILES string of the molecule is CCCC1CCN(CCC(=O)N(C)CCCN)CC1. The Kier molecular flexibility index (Phi) is 8.07. The molecule has 0 unspecified atom stereocenters. The first-order valence-corrected chi connectivity index (χ1v) is 7.83. The van der Waals surface area contributed by atoms with Gasteiger partial charge in [-0.25, -0.2) is 0 Å². The van der Waals surface area contributed by atoms with Gasteiger partial charge in [-0.3, -0.25) is 4.79 Å². The van der Waals surface area contributed by atoms with Crippen molar-refractivity contribution in [2.75, 3.05) is 39.8 Å². The van der Waals surface area contributed by atoms with Crippen LogP contribution in [0.25, 0.3) is 0 Å². The molecule has 1 saturated heterocycles. The van der Waals surface area contributed by atoms with E-state index in [9.17, 15) is 4.79 Å². The van der Waals surface area contributed by atoms with Gasteiger partial charge >= 0.3 is 0 Å². The fourth-order valence-electron chi connectivity index (χ4n) is 2.80. The zero-order valence-corrected chi connectivity index (χ0v) is 12.7. The number of amides is 1. The number of piperidine rings is 1. The van der Waals surface area contributed by atoms with Crippen molar-refractivity contribution >= 4 is 5.91 Å². The molecule has 0 radical (unpaired) electrons. The zero-order valence-electron chi connectivity index (χ0n) is 12.7. The summed E-state index contributed by atoms with van der Waals surface area (Å²) in [5.74, 6) is 1.17. The van der Waals surface area contributed by atoms with Crippen molar-refractivity contribution in [3.8, 4) is 0 Å². The van der Waals surface area contributed by atoms with Crippen molar-refractivity contribution in [1.29, 1.82) is 0 Å². The second kappa shape index (κ2) is 9.32. The molecule has 0 aromatic rings. The van der Waals surface area contributed by atoms with E-state index >= 15 is 0 Å². The van der Waals surface area contributed by atoms with Gasteiger partial charge in [-0.2, -0.15) is 0 Å². The lowest BCUT2D eigenvalue weighted by molar-refractivity contribution is -0.130. The zero-order chi connectivity index (χ0) is 14.1. The summed E-state index contributed by atoms with van der Waals surface area (Å²) >= 11 is 0. The summed E-state index contributed by atoms with van der Waals surface area (Å²) in [4.78, 5) is 16.2. The van der Waals surface area contributed by atoms with Crippen molar-refractivity contribution in [3.05, 3.63) is 0 Å². The monoisotopic (exact) mass is 269 g/mol. The Morgan fingerprint density at radius 3 is 2.63 bits per heavy atom. The number of hydrogen-bond donors (Lipinski definition) is 1. The first-order valence-electron chi connectivity index (χ1n) is 7.83. The molecule has 1 aliphatic rings. The Morgan fingerprint density at radius 2 is 2.05 bits per heavy atom. The van der Waals surface area contributed by atoms with Gasteiger partial charge in [0.25, 0.3) is 0 Å². The van der Waals surface area contributed by atoms with Gasteiger partial charge in [0, 0.05) is 26.6 Å². The standard InChI is InChI=1S/C15H31N3O/c1-3-5-14-6-11-18(12-7-14)13-8-15(19)17(2)10-4-9-16/h14H,3-13,16H2,1-2H3. The van der Waals surface area contributed by atoms with E-state index in [1.54, 1.807) is 0 Å². The Hall–Kier alpha value is -0.610. The fourth-order valence-corrected chi connectivity index (χ4v) is 2.80. The van der Waals surface area contributed by atoms with Gasteiger partial charge in [-0.15, -0.1) is 0 Å². The maximum Gasteiger partial charge on any atom is 0.223 e. The van der Waals surface area contributed by atoms with Crippen LogP contribution in [0.15, 0.2) is 0 Å². The van der Waals surface area contributed by atoms with E-state index in [1.807, 2.05) is 11.9 Å². The summed E-state index contributed by atoms with van der Waals surface area (Å²) in [5.41, 5.74) is 5.46. The molecule has 4 heteroatoms. The summed E-state index contributed by atoms with van der Waals surface area (Å²) in [6.07, 6.45) is 6.84. The van der Waals surface area contributed by atoms with Crippen LogP contribution in [0.5, 0.6) is 0 Å². The van der Waals surface area contributed by atoms with Gasteiger partial charge < -0.3 is 15.5 Å². The molecule has 1 heterocycles. The molecule has 0 bridgehead atoms. The Bertz CT molecular complexity index is 250. The number of hydrogen-bond acceptors (Lipinski definition) is 3. The molecule has 0 aromatic heterocycles. The number of carbonyl (C=O) groups is 1. The lowest BCUT2D eigenvalue weighted by Gasteiger charge is -2.32. The molecule has 0 spiro atoms. The van der Waals surface area contributed by atoms with E-state index in [4.69, 9.17) is 5.73 Å². The Labute approximate surface area is 118 Å². The minimum atomic E-state index is 0.254. The van der Waals surface area contributed by atoms with E-state index in [2.05, 4.69) is 11.8 Å². The molecule has 0 atom stereocenters. The highest BCUT2D eigenvalue weighted by molar-refractivity contribution is 5.76. The quantitative estimate of drug-likeness (QED) is 0.729. The third-order valence-electron chi connectivity index (χ3n) is 4.17. The topological polar surface area (TPSA) is 49.6 Å². The summed E-state index contributed by atoms with van der Waals surface area (Å²) in [5, 5.41) is 0. The maximum atomic E-state index is 11.9. The molecule has 1 fully saturated rings. The van der Waals surface area contributed by atoms with Crippen molar-refractivity contribution in [2.45, 2.75) is 45.4 Å². The highest BCUT2D eigenvalue weighted by Gasteiger charge is 2.19. The van der Waals surface area contributed by atoms with Crippen molar-refractivity contribution in [1.82, 2.24) is 9.80 Å². The van der Waals surface area contributed by atoms with Crippen LogP contribution >= 0.6 is 0 Å². The van der Waals surface area contributed by atoms with Gasteiger partial charge in [0.2, 0.25) is 5.91 Å². The smallest absolute Gasteiger partial charge is 0.223 e. The van der Waals surface area contributed by atoms with E-state index in [1.165, 1.54) is 38.8 Å². The number of likely N-dealkylation sites (tertiary alicyclic amines) is 1. The highest BCUT2D eigenvalue weighted by Crippen LogP contribution is 2.21. The second-order valence-corrected chi connectivity index (χ2v) is 5.78. The summed E-state index contributed by atoms with van der Waals surface area (Å²) < 4.78 is 0. The van der Waals surface area contributed by atoms with Crippen LogP contribution in [-0.2, 0) is 4.79 Å². The third kappa shape index (κ3) is 6.39. The Balaban J connectivity index is 2.14.